The van der Waals surface area contributed by atoms with Crippen molar-refractivity contribution in [1.29, 1.82) is 0 Å². The van der Waals surface area contributed by atoms with Gasteiger partial charge < -0.3 is 15.8 Å². The lowest BCUT2D eigenvalue weighted by molar-refractivity contribution is -0.160. The molecule has 0 bridgehead atoms. The normalized spacial score (nSPS) is 28.6. The van der Waals surface area contributed by atoms with Gasteiger partial charge in [-0.15, -0.1) is 0 Å². The molecular formula is C10H20N2O2. The maximum atomic E-state index is 11.6. The zero-order valence-corrected chi connectivity index (χ0v) is 9.17. The molecule has 1 saturated heterocycles. The van der Waals surface area contributed by atoms with Gasteiger partial charge in [-0.05, 0) is 27.2 Å². The van der Waals surface area contributed by atoms with Gasteiger partial charge in [0.05, 0.1) is 5.92 Å². The second-order valence-corrected chi connectivity index (χ2v) is 4.88. The summed E-state index contributed by atoms with van der Waals surface area (Å²) in [6.07, 6.45) is 0.724. The van der Waals surface area contributed by atoms with E-state index in [1.807, 2.05) is 20.8 Å². The zero-order valence-electron chi connectivity index (χ0n) is 9.17. The zero-order chi connectivity index (χ0) is 10.8. The van der Waals surface area contributed by atoms with Crippen molar-refractivity contribution in [3.8, 4) is 0 Å². The first-order chi connectivity index (χ1) is 6.38. The van der Waals surface area contributed by atoms with Crippen molar-refractivity contribution in [1.82, 2.24) is 5.32 Å². The van der Waals surface area contributed by atoms with Crippen LogP contribution in [0.1, 0.15) is 27.2 Å². The Labute approximate surface area is 85.2 Å². The second kappa shape index (κ2) is 4.28. The number of carbonyl (C=O) groups excluding carboxylic acids is 1. The minimum Gasteiger partial charge on any atom is -0.460 e. The fourth-order valence-corrected chi connectivity index (χ4v) is 1.54. The minimum atomic E-state index is -0.404. The summed E-state index contributed by atoms with van der Waals surface area (Å²) in [5.74, 6) is -0.224. The number of hydrogen-bond donors (Lipinski definition) is 2. The molecule has 14 heavy (non-hydrogen) atoms. The van der Waals surface area contributed by atoms with Crippen molar-refractivity contribution < 1.29 is 9.53 Å². The third-order valence-corrected chi connectivity index (χ3v) is 2.12. The van der Waals surface area contributed by atoms with E-state index < -0.39 is 5.60 Å². The average molecular weight is 200 g/mol. The first kappa shape index (κ1) is 11.5. The van der Waals surface area contributed by atoms with Crippen molar-refractivity contribution in [3.63, 3.8) is 0 Å². The Morgan fingerprint density at radius 1 is 1.43 bits per heavy atom. The highest BCUT2D eigenvalue weighted by Gasteiger charge is 2.29. The Kier molecular flexibility index (Phi) is 3.50. The first-order valence-corrected chi connectivity index (χ1v) is 5.07. The van der Waals surface area contributed by atoms with Crippen molar-refractivity contribution in [2.75, 3.05) is 13.1 Å². The van der Waals surface area contributed by atoms with E-state index in [0.717, 1.165) is 13.0 Å². The molecule has 1 fully saturated rings. The SMILES string of the molecule is CC(C)(C)OC(=O)C1CNCC(N)C1. The Morgan fingerprint density at radius 2 is 2.07 bits per heavy atom. The van der Waals surface area contributed by atoms with Gasteiger partial charge in [0, 0.05) is 19.1 Å². The van der Waals surface area contributed by atoms with Crippen molar-refractivity contribution in [2.24, 2.45) is 11.7 Å². The van der Waals surface area contributed by atoms with E-state index in [2.05, 4.69) is 5.32 Å². The fourth-order valence-electron chi connectivity index (χ4n) is 1.54. The lowest BCUT2D eigenvalue weighted by atomic mass is 9.96. The molecule has 0 radical (unpaired) electrons. The number of hydrogen-bond acceptors (Lipinski definition) is 4. The van der Waals surface area contributed by atoms with Gasteiger partial charge >= 0.3 is 5.97 Å². The lowest BCUT2D eigenvalue weighted by Gasteiger charge is -2.29. The molecule has 2 atom stereocenters. The van der Waals surface area contributed by atoms with Crippen LogP contribution in [0, 0.1) is 5.92 Å². The summed E-state index contributed by atoms with van der Waals surface area (Å²) in [6.45, 7) is 7.10. The summed E-state index contributed by atoms with van der Waals surface area (Å²) in [5.41, 5.74) is 5.35. The van der Waals surface area contributed by atoms with Crippen molar-refractivity contribution in [2.45, 2.75) is 38.8 Å². The first-order valence-electron chi connectivity index (χ1n) is 5.07. The van der Waals surface area contributed by atoms with E-state index in [-0.39, 0.29) is 17.9 Å². The monoisotopic (exact) mass is 200 g/mol. The van der Waals surface area contributed by atoms with Crippen LogP contribution >= 0.6 is 0 Å². The van der Waals surface area contributed by atoms with Gasteiger partial charge in [-0.3, -0.25) is 4.79 Å². The molecule has 1 rings (SSSR count). The summed E-state index contributed by atoms with van der Waals surface area (Å²) < 4.78 is 5.29. The van der Waals surface area contributed by atoms with E-state index in [1.165, 1.54) is 0 Å². The highest BCUT2D eigenvalue weighted by molar-refractivity contribution is 5.73. The van der Waals surface area contributed by atoms with Crippen LogP contribution in [0.5, 0.6) is 0 Å². The number of rotatable bonds is 1. The summed E-state index contributed by atoms with van der Waals surface area (Å²) >= 11 is 0. The molecule has 0 aromatic heterocycles. The standard InChI is InChI=1S/C10H20N2O2/c1-10(2,3)14-9(13)7-4-8(11)6-12-5-7/h7-8,12H,4-6,11H2,1-3H3. The third-order valence-electron chi connectivity index (χ3n) is 2.12. The lowest BCUT2D eigenvalue weighted by Crippen LogP contribution is -2.47. The average Bonchev–Trinajstić information content (AvgIpc) is 2.01. The molecule has 2 unspecified atom stereocenters. The largest absolute Gasteiger partial charge is 0.460 e. The van der Waals surface area contributed by atoms with Gasteiger partial charge in [-0.1, -0.05) is 0 Å². The van der Waals surface area contributed by atoms with Gasteiger partial charge in [0.2, 0.25) is 0 Å². The maximum Gasteiger partial charge on any atom is 0.310 e. The summed E-state index contributed by atoms with van der Waals surface area (Å²) in [7, 11) is 0. The number of esters is 1. The van der Waals surface area contributed by atoms with E-state index in [0.29, 0.717) is 6.54 Å². The van der Waals surface area contributed by atoms with Crippen LogP contribution in [0.3, 0.4) is 0 Å². The number of piperidine rings is 1. The van der Waals surface area contributed by atoms with Crippen LogP contribution in [0.15, 0.2) is 0 Å². The van der Waals surface area contributed by atoms with Gasteiger partial charge in [0.1, 0.15) is 5.60 Å². The highest BCUT2D eigenvalue weighted by Crippen LogP contribution is 2.16. The summed E-state index contributed by atoms with van der Waals surface area (Å²) in [5, 5.41) is 3.13. The molecule has 82 valence electrons. The van der Waals surface area contributed by atoms with E-state index in [4.69, 9.17) is 10.5 Å². The highest BCUT2D eigenvalue weighted by atomic mass is 16.6. The molecule has 0 aromatic carbocycles. The number of nitrogens with two attached hydrogens (primary N) is 1. The van der Waals surface area contributed by atoms with Crippen LogP contribution in [0.25, 0.3) is 0 Å². The third kappa shape index (κ3) is 3.64. The predicted octanol–water partition coefficient (Wildman–Crippen LogP) is 0.265. The van der Waals surface area contributed by atoms with E-state index >= 15 is 0 Å². The molecular weight excluding hydrogens is 180 g/mol. The predicted molar refractivity (Wildman–Crippen MR) is 54.8 cm³/mol. The smallest absolute Gasteiger partial charge is 0.310 e. The van der Waals surface area contributed by atoms with E-state index in [9.17, 15) is 4.79 Å². The topological polar surface area (TPSA) is 64.3 Å². The van der Waals surface area contributed by atoms with Crippen LogP contribution in [0.2, 0.25) is 0 Å². The number of carbonyl (C=O) groups is 1. The molecule has 4 nitrogen and oxygen atoms in total. The molecule has 0 amide bonds. The molecule has 3 N–H and O–H groups in total. The number of nitrogens with one attached hydrogen (secondary N) is 1. The number of ether oxygens (including phenoxy) is 1. The molecule has 0 aromatic rings. The Hall–Kier alpha value is -0.610. The van der Waals surface area contributed by atoms with Crippen LogP contribution in [-0.4, -0.2) is 30.7 Å². The molecule has 1 aliphatic heterocycles. The van der Waals surface area contributed by atoms with Crippen molar-refractivity contribution in [3.05, 3.63) is 0 Å². The van der Waals surface area contributed by atoms with Crippen molar-refractivity contribution >= 4 is 5.97 Å². The van der Waals surface area contributed by atoms with Gasteiger partial charge in [0.15, 0.2) is 0 Å². The molecule has 1 heterocycles. The van der Waals surface area contributed by atoms with Crippen LogP contribution < -0.4 is 11.1 Å². The maximum absolute atomic E-state index is 11.6. The molecule has 4 heteroatoms. The Balaban J connectivity index is 2.44. The quantitative estimate of drug-likeness (QED) is 0.596. The molecule has 0 spiro atoms. The summed E-state index contributed by atoms with van der Waals surface area (Å²) in [4.78, 5) is 11.6. The van der Waals surface area contributed by atoms with Gasteiger partial charge in [0.25, 0.3) is 0 Å². The molecule has 1 aliphatic rings. The summed E-state index contributed by atoms with van der Waals surface area (Å²) in [6, 6.07) is 0.0706. The van der Waals surface area contributed by atoms with Gasteiger partial charge in [-0.2, -0.15) is 0 Å². The van der Waals surface area contributed by atoms with Crippen LogP contribution in [-0.2, 0) is 9.53 Å². The minimum absolute atomic E-state index is 0.0706. The fraction of sp³-hybridized carbons (Fsp3) is 0.900. The molecule has 0 aliphatic carbocycles. The van der Waals surface area contributed by atoms with E-state index in [1.54, 1.807) is 0 Å². The Morgan fingerprint density at radius 3 is 2.57 bits per heavy atom. The Bertz CT molecular complexity index is 211. The molecule has 0 saturated carbocycles. The van der Waals surface area contributed by atoms with Crippen LogP contribution in [0.4, 0.5) is 0 Å². The second-order valence-electron chi connectivity index (χ2n) is 4.88. The van der Waals surface area contributed by atoms with Gasteiger partial charge in [-0.25, -0.2) is 0 Å².